The molecule has 0 atom stereocenters. The lowest BCUT2D eigenvalue weighted by Crippen LogP contribution is -2.35. The number of phenolic OH excluding ortho intramolecular Hbond substituents is 1. The van der Waals surface area contributed by atoms with Crippen LogP contribution in [-0.2, 0) is 0 Å². The highest BCUT2D eigenvalue weighted by atomic mass is 16.5. The maximum Gasteiger partial charge on any atom is 0.254 e. The van der Waals surface area contributed by atoms with Crippen LogP contribution < -0.4 is 4.74 Å². The molecule has 4 heteroatoms. The molecule has 1 aromatic rings. The number of ether oxygens (including phenoxy) is 1. The molecule has 96 valence electrons. The molecule has 18 heavy (non-hydrogen) atoms. The highest BCUT2D eigenvalue weighted by molar-refractivity contribution is 5.95. The molecule has 0 bridgehead atoms. The Balaban J connectivity index is 2.19. The number of phenols is 1. The number of benzene rings is 1. The first-order valence-electron chi connectivity index (χ1n) is 5.93. The second-order valence-electron chi connectivity index (χ2n) is 4.45. The topological polar surface area (TPSA) is 49.8 Å². The van der Waals surface area contributed by atoms with E-state index in [0.29, 0.717) is 17.9 Å². The van der Waals surface area contributed by atoms with Gasteiger partial charge in [-0.15, -0.1) is 0 Å². The minimum atomic E-state index is -0.0552. The van der Waals surface area contributed by atoms with Gasteiger partial charge in [-0.1, -0.05) is 11.6 Å². The summed E-state index contributed by atoms with van der Waals surface area (Å²) in [4.78, 5) is 14.0. The van der Waals surface area contributed by atoms with E-state index >= 15 is 0 Å². The number of amides is 1. The Hall–Kier alpha value is -1.97. The summed E-state index contributed by atoms with van der Waals surface area (Å²) in [6.45, 7) is 3.40. The van der Waals surface area contributed by atoms with E-state index in [1.165, 1.54) is 18.7 Å². The van der Waals surface area contributed by atoms with Crippen LogP contribution in [0.1, 0.15) is 23.7 Å². The quantitative estimate of drug-likeness (QED) is 0.815. The van der Waals surface area contributed by atoms with Crippen LogP contribution in [0, 0.1) is 0 Å². The molecule has 0 saturated heterocycles. The summed E-state index contributed by atoms with van der Waals surface area (Å²) in [7, 11) is 1.48. The summed E-state index contributed by atoms with van der Waals surface area (Å²) in [5, 5.41) is 9.68. The molecule has 1 aliphatic heterocycles. The van der Waals surface area contributed by atoms with Crippen LogP contribution in [0.25, 0.3) is 0 Å². The Kier molecular flexibility index (Phi) is 3.55. The van der Waals surface area contributed by atoms with Gasteiger partial charge in [-0.05, 0) is 31.5 Å². The summed E-state index contributed by atoms with van der Waals surface area (Å²) in [6, 6.07) is 4.73. The van der Waals surface area contributed by atoms with Gasteiger partial charge >= 0.3 is 0 Å². The van der Waals surface area contributed by atoms with Crippen LogP contribution in [0.5, 0.6) is 11.5 Å². The van der Waals surface area contributed by atoms with Gasteiger partial charge < -0.3 is 14.7 Å². The number of aromatic hydroxyl groups is 1. The van der Waals surface area contributed by atoms with E-state index in [9.17, 15) is 9.90 Å². The zero-order chi connectivity index (χ0) is 13.1. The monoisotopic (exact) mass is 247 g/mol. The second kappa shape index (κ2) is 5.12. The average molecular weight is 247 g/mol. The van der Waals surface area contributed by atoms with Crippen molar-refractivity contribution in [1.82, 2.24) is 4.90 Å². The molecule has 1 heterocycles. The number of hydrogen-bond acceptors (Lipinski definition) is 3. The molecule has 0 aromatic heterocycles. The van der Waals surface area contributed by atoms with Crippen molar-refractivity contribution in [1.29, 1.82) is 0 Å². The molecular formula is C14H17NO3. The predicted molar refractivity (Wildman–Crippen MR) is 68.9 cm³/mol. The fourth-order valence-electron chi connectivity index (χ4n) is 2.09. The van der Waals surface area contributed by atoms with Gasteiger partial charge in [0.25, 0.3) is 5.91 Å². The fraction of sp³-hybridized carbons (Fsp3) is 0.357. The Labute approximate surface area is 106 Å². The van der Waals surface area contributed by atoms with Crippen LogP contribution >= 0.6 is 0 Å². The molecular weight excluding hydrogens is 230 g/mol. The first-order chi connectivity index (χ1) is 8.61. The predicted octanol–water partition coefficient (Wildman–Crippen LogP) is 2.19. The number of nitrogens with zero attached hydrogens (tertiary/aromatic N) is 1. The number of rotatable bonds is 2. The molecule has 0 spiro atoms. The van der Waals surface area contributed by atoms with Crippen LogP contribution in [0.4, 0.5) is 0 Å². The molecule has 0 radical (unpaired) electrons. The van der Waals surface area contributed by atoms with Gasteiger partial charge in [-0.25, -0.2) is 0 Å². The van der Waals surface area contributed by atoms with Crippen molar-refractivity contribution in [3.05, 3.63) is 35.4 Å². The first-order valence-corrected chi connectivity index (χ1v) is 5.93. The Morgan fingerprint density at radius 1 is 1.44 bits per heavy atom. The van der Waals surface area contributed by atoms with Crippen molar-refractivity contribution < 1.29 is 14.6 Å². The first kappa shape index (κ1) is 12.5. The molecule has 2 rings (SSSR count). The highest BCUT2D eigenvalue weighted by Gasteiger charge is 2.19. The molecule has 4 nitrogen and oxygen atoms in total. The van der Waals surface area contributed by atoms with Crippen molar-refractivity contribution in [2.24, 2.45) is 0 Å². The molecule has 0 unspecified atom stereocenters. The van der Waals surface area contributed by atoms with E-state index in [4.69, 9.17) is 4.74 Å². The minimum absolute atomic E-state index is 0.00683. The molecule has 1 aliphatic rings. The van der Waals surface area contributed by atoms with Gasteiger partial charge in [0.05, 0.1) is 7.11 Å². The number of carbonyl (C=O) groups excluding carboxylic acids is 1. The Morgan fingerprint density at radius 2 is 2.22 bits per heavy atom. The van der Waals surface area contributed by atoms with E-state index in [2.05, 4.69) is 6.08 Å². The average Bonchev–Trinajstić information content (AvgIpc) is 2.37. The second-order valence-corrected chi connectivity index (χ2v) is 4.45. The lowest BCUT2D eigenvalue weighted by atomic mass is 10.1. The van der Waals surface area contributed by atoms with Crippen LogP contribution in [-0.4, -0.2) is 36.1 Å². The van der Waals surface area contributed by atoms with E-state index in [-0.39, 0.29) is 11.7 Å². The van der Waals surface area contributed by atoms with E-state index in [1.807, 2.05) is 6.92 Å². The van der Waals surface area contributed by atoms with Gasteiger partial charge in [0.2, 0.25) is 0 Å². The van der Waals surface area contributed by atoms with Gasteiger partial charge in [0.1, 0.15) is 0 Å². The lowest BCUT2D eigenvalue weighted by Gasteiger charge is -2.26. The third-order valence-electron chi connectivity index (χ3n) is 3.05. The third-order valence-corrected chi connectivity index (χ3v) is 3.05. The molecule has 1 N–H and O–H groups in total. The Morgan fingerprint density at radius 3 is 2.83 bits per heavy atom. The van der Waals surface area contributed by atoms with Crippen LogP contribution in [0.15, 0.2) is 29.8 Å². The van der Waals surface area contributed by atoms with E-state index < -0.39 is 0 Å². The van der Waals surface area contributed by atoms with Crippen molar-refractivity contribution >= 4 is 5.91 Å². The summed E-state index contributed by atoms with van der Waals surface area (Å²) in [6.07, 6.45) is 3.04. The molecule has 1 amide bonds. The third kappa shape index (κ3) is 2.47. The largest absolute Gasteiger partial charge is 0.504 e. The summed E-state index contributed by atoms with van der Waals surface area (Å²) >= 11 is 0. The van der Waals surface area contributed by atoms with Crippen molar-refractivity contribution in [3.8, 4) is 11.5 Å². The zero-order valence-electron chi connectivity index (χ0n) is 10.6. The highest BCUT2D eigenvalue weighted by Crippen LogP contribution is 2.27. The zero-order valence-corrected chi connectivity index (χ0v) is 10.6. The van der Waals surface area contributed by atoms with Crippen molar-refractivity contribution in [2.45, 2.75) is 13.3 Å². The number of hydrogen-bond donors (Lipinski definition) is 1. The summed E-state index contributed by atoms with van der Waals surface area (Å²) in [5.74, 6) is 0.314. The normalized spacial score (nSPS) is 15.2. The summed E-state index contributed by atoms with van der Waals surface area (Å²) in [5.41, 5.74) is 1.69. The van der Waals surface area contributed by atoms with Gasteiger partial charge in [-0.3, -0.25) is 4.79 Å². The van der Waals surface area contributed by atoms with Crippen molar-refractivity contribution in [2.75, 3.05) is 20.2 Å². The standard InChI is InChI=1S/C14H17NO3/c1-10-4-3-7-15(9-10)14(17)11-5-6-13(18-2)12(16)8-11/h4-6,8,16H,3,7,9H2,1-2H3. The lowest BCUT2D eigenvalue weighted by molar-refractivity contribution is 0.0765. The van der Waals surface area contributed by atoms with E-state index in [1.54, 1.807) is 17.0 Å². The number of methoxy groups -OCH3 is 1. The number of carbonyl (C=O) groups is 1. The smallest absolute Gasteiger partial charge is 0.254 e. The molecule has 1 aromatic carbocycles. The summed E-state index contributed by atoms with van der Waals surface area (Å²) < 4.78 is 4.96. The van der Waals surface area contributed by atoms with Crippen LogP contribution in [0.2, 0.25) is 0 Å². The van der Waals surface area contributed by atoms with Gasteiger partial charge in [0.15, 0.2) is 11.5 Å². The maximum absolute atomic E-state index is 12.2. The van der Waals surface area contributed by atoms with Gasteiger partial charge in [0, 0.05) is 18.7 Å². The minimum Gasteiger partial charge on any atom is -0.504 e. The SMILES string of the molecule is COc1ccc(C(=O)N2CCC=C(C)C2)cc1O. The maximum atomic E-state index is 12.2. The molecule has 0 saturated carbocycles. The van der Waals surface area contributed by atoms with Crippen molar-refractivity contribution in [3.63, 3.8) is 0 Å². The van der Waals surface area contributed by atoms with Gasteiger partial charge in [-0.2, -0.15) is 0 Å². The van der Waals surface area contributed by atoms with E-state index in [0.717, 1.165) is 13.0 Å². The fourth-order valence-corrected chi connectivity index (χ4v) is 2.09. The van der Waals surface area contributed by atoms with Crippen LogP contribution in [0.3, 0.4) is 0 Å². The molecule has 0 fully saturated rings. The Bertz CT molecular complexity index is 494. The molecule has 0 aliphatic carbocycles.